The molecule has 2 rings (SSSR count). The number of nitrogens with zero attached hydrogens (tertiary/aromatic N) is 3. The van der Waals surface area contributed by atoms with E-state index in [-0.39, 0.29) is 10.6 Å². The summed E-state index contributed by atoms with van der Waals surface area (Å²) in [5, 5.41) is 8.48. The van der Waals surface area contributed by atoms with Crippen LogP contribution in [0.25, 0.3) is 0 Å². The third-order valence-corrected chi connectivity index (χ3v) is 6.74. The minimum absolute atomic E-state index is 0.0346. The van der Waals surface area contributed by atoms with Crippen LogP contribution in [-0.4, -0.2) is 27.3 Å². The van der Waals surface area contributed by atoms with Gasteiger partial charge in [0, 0.05) is 38.0 Å². The molecule has 6 heteroatoms. The summed E-state index contributed by atoms with van der Waals surface area (Å²) < 4.78 is 24.6. The highest BCUT2D eigenvalue weighted by atomic mass is 32.2. The molecule has 0 amide bonds. The van der Waals surface area contributed by atoms with Crippen LogP contribution >= 0.6 is 0 Å². The van der Waals surface area contributed by atoms with Crippen LogP contribution in [0.15, 0.2) is 63.7 Å². The monoisotopic (exact) mass is 459 g/mol. The predicted molar refractivity (Wildman–Crippen MR) is 136 cm³/mol. The SMILES string of the molecule is C#CCCCN(CCCC#C)c1ccc(N=Nc2ccc(S(=O)(=O)CCCC#C)cc2)cc1. The summed E-state index contributed by atoms with van der Waals surface area (Å²) in [6.45, 7) is 1.74. The number of sulfone groups is 1. The molecule has 0 N–H and O–H groups in total. The lowest BCUT2D eigenvalue weighted by Gasteiger charge is -2.24. The third kappa shape index (κ3) is 8.85. The number of unbranched alkanes of at least 4 members (excludes halogenated alkanes) is 3. The third-order valence-electron chi connectivity index (χ3n) is 4.92. The summed E-state index contributed by atoms with van der Waals surface area (Å²) >= 11 is 0. The molecular weight excluding hydrogens is 430 g/mol. The maximum absolute atomic E-state index is 12.3. The van der Waals surface area contributed by atoms with Gasteiger partial charge in [-0.3, -0.25) is 0 Å². The van der Waals surface area contributed by atoms with Gasteiger partial charge in [-0.05, 0) is 67.8 Å². The molecule has 0 heterocycles. The number of hydrogen-bond donors (Lipinski definition) is 0. The minimum Gasteiger partial charge on any atom is -0.371 e. The van der Waals surface area contributed by atoms with Crippen molar-refractivity contribution >= 4 is 26.9 Å². The molecule has 0 fully saturated rings. The highest BCUT2D eigenvalue weighted by Crippen LogP contribution is 2.24. The Hall–Kier alpha value is -3.53. The largest absolute Gasteiger partial charge is 0.371 e. The number of hydrogen-bond acceptors (Lipinski definition) is 5. The van der Waals surface area contributed by atoms with E-state index in [1.54, 1.807) is 24.3 Å². The minimum atomic E-state index is -3.34. The average Bonchev–Trinajstić information content (AvgIpc) is 2.83. The summed E-state index contributed by atoms with van der Waals surface area (Å²) in [6.07, 6.45) is 20.1. The Morgan fingerprint density at radius 1 is 0.697 bits per heavy atom. The average molecular weight is 460 g/mol. The Kier molecular flexibility index (Phi) is 10.8. The smallest absolute Gasteiger partial charge is 0.178 e. The summed E-state index contributed by atoms with van der Waals surface area (Å²) in [6, 6.07) is 14.2. The first-order valence-electron chi connectivity index (χ1n) is 10.9. The van der Waals surface area contributed by atoms with Gasteiger partial charge in [0.25, 0.3) is 0 Å². The molecule has 2 aromatic carbocycles. The number of anilines is 1. The molecule has 0 aliphatic heterocycles. The predicted octanol–water partition coefficient (Wildman–Crippen LogP) is 5.92. The van der Waals surface area contributed by atoms with Gasteiger partial charge in [0.15, 0.2) is 9.84 Å². The topological polar surface area (TPSA) is 62.1 Å². The highest BCUT2D eigenvalue weighted by Gasteiger charge is 2.13. The van der Waals surface area contributed by atoms with Crippen molar-refractivity contribution in [3.63, 3.8) is 0 Å². The van der Waals surface area contributed by atoms with Gasteiger partial charge < -0.3 is 4.90 Å². The number of terminal acetylenes is 3. The molecule has 0 bridgehead atoms. The fraction of sp³-hybridized carbons (Fsp3) is 0.333. The molecule has 170 valence electrons. The van der Waals surface area contributed by atoms with Crippen LogP contribution in [0.3, 0.4) is 0 Å². The molecule has 0 unspecified atom stereocenters. The lowest BCUT2D eigenvalue weighted by atomic mass is 10.2. The van der Waals surface area contributed by atoms with Crippen molar-refractivity contribution < 1.29 is 8.42 Å². The van der Waals surface area contributed by atoms with E-state index < -0.39 is 9.84 Å². The fourth-order valence-corrected chi connectivity index (χ4v) is 4.47. The summed E-state index contributed by atoms with van der Waals surface area (Å²) in [5.41, 5.74) is 2.37. The molecule has 0 saturated carbocycles. The van der Waals surface area contributed by atoms with Crippen LogP contribution in [0.4, 0.5) is 17.1 Å². The van der Waals surface area contributed by atoms with Gasteiger partial charge in [-0.1, -0.05) is 0 Å². The van der Waals surface area contributed by atoms with Crippen molar-refractivity contribution in [1.82, 2.24) is 0 Å². The maximum Gasteiger partial charge on any atom is 0.178 e. The molecule has 2 aromatic rings. The molecular formula is C27H29N3O2S. The van der Waals surface area contributed by atoms with Gasteiger partial charge >= 0.3 is 0 Å². The summed E-state index contributed by atoms with van der Waals surface area (Å²) in [5.74, 6) is 7.85. The maximum atomic E-state index is 12.3. The molecule has 5 nitrogen and oxygen atoms in total. The van der Waals surface area contributed by atoms with Crippen LogP contribution in [-0.2, 0) is 9.84 Å². The first kappa shape index (κ1) is 25.7. The summed E-state index contributed by atoms with van der Waals surface area (Å²) in [4.78, 5) is 2.54. The zero-order valence-corrected chi connectivity index (χ0v) is 19.6. The quantitative estimate of drug-likeness (QED) is 0.212. The van der Waals surface area contributed by atoms with Crippen molar-refractivity contribution in [3.8, 4) is 37.0 Å². The molecule has 33 heavy (non-hydrogen) atoms. The molecule has 0 aliphatic carbocycles. The zero-order valence-electron chi connectivity index (χ0n) is 18.8. The van der Waals surface area contributed by atoms with Crippen molar-refractivity contribution in [2.75, 3.05) is 23.7 Å². The summed E-state index contributed by atoms with van der Waals surface area (Å²) in [7, 11) is -3.34. The highest BCUT2D eigenvalue weighted by molar-refractivity contribution is 7.91. The normalized spacial score (nSPS) is 10.9. The van der Waals surface area contributed by atoms with E-state index in [2.05, 4.69) is 32.9 Å². The van der Waals surface area contributed by atoms with Gasteiger partial charge in [-0.15, -0.1) is 37.0 Å². The lowest BCUT2D eigenvalue weighted by molar-refractivity contribution is 0.594. The first-order valence-corrected chi connectivity index (χ1v) is 12.6. The standard InChI is InChI=1S/C27H29N3O2S/c1-4-7-10-21-30(22-11-8-5-2)26-17-13-24(14-18-26)28-29-25-15-19-27(20-16-25)33(31,32)23-12-9-6-3/h1-3,13-20H,7-12,21-23H2. The fourth-order valence-electron chi connectivity index (χ4n) is 3.16. The van der Waals surface area contributed by atoms with Gasteiger partial charge in [-0.2, -0.15) is 10.2 Å². The van der Waals surface area contributed by atoms with E-state index in [1.807, 2.05) is 24.3 Å². The second-order valence-corrected chi connectivity index (χ2v) is 9.55. The second kappa shape index (κ2) is 13.8. The first-order chi connectivity index (χ1) is 16.0. The van der Waals surface area contributed by atoms with E-state index in [0.717, 1.165) is 44.5 Å². The number of azo groups is 1. The van der Waals surface area contributed by atoms with Gasteiger partial charge in [0.05, 0.1) is 22.0 Å². The van der Waals surface area contributed by atoms with E-state index >= 15 is 0 Å². The van der Waals surface area contributed by atoms with Gasteiger partial charge in [-0.25, -0.2) is 8.42 Å². The Morgan fingerprint density at radius 3 is 1.64 bits per heavy atom. The molecule has 0 radical (unpaired) electrons. The van der Waals surface area contributed by atoms with E-state index in [4.69, 9.17) is 19.3 Å². The zero-order chi connectivity index (χ0) is 23.9. The van der Waals surface area contributed by atoms with Gasteiger partial charge in [0.1, 0.15) is 0 Å². The Balaban J connectivity index is 2.02. The number of rotatable bonds is 13. The Bertz CT molecular complexity index is 1110. The lowest BCUT2D eigenvalue weighted by Crippen LogP contribution is -2.25. The van der Waals surface area contributed by atoms with Crippen molar-refractivity contribution in [2.24, 2.45) is 10.2 Å². The van der Waals surface area contributed by atoms with E-state index in [9.17, 15) is 8.42 Å². The number of benzene rings is 2. The van der Waals surface area contributed by atoms with Crippen molar-refractivity contribution in [2.45, 2.75) is 43.4 Å². The van der Waals surface area contributed by atoms with Gasteiger partial charge in [0.2, 0.25) is 0 Å². The van der Waals surface area contributed by atoms with Crippen molar-refractivity contribution in [3.05, 3.63) is 48.5 Å². The van der Waals surface area contributed by atoms with Crippen LogP contribution < -0.4 is 4.90 Å². The molecule has 0 saturated heterocycles. The second-order valence-electron chi connectivity index (χ2n) is 7.44. The van der Waals surface area contributed by atoms with Crippen LogP contribution in [0.1, 0.15) is 38.5 Å². The van der Waals surface area contributed by atoms with Crippen molar-refractivity contribution in [1.29, 1.82) is 0 Å². The molecule has 0 aliphatic rings. The van der Waals surface area contributed by atoms with Crippen LogP contribution in [0.2, 0.25) is 0 Å². The molecule has 0 aromatic heterocycles. The molecule has 0 spiro atoms. The van der Waals surface area contributed by atoms with E-state index in [1.165, 1.54) is 0 Å². The van der Waals surface area contributed by atoms with Crippen LogP contribution in [0, 0.1) is 37.0 Å². The Labute approximate surface area is 198 Å². The Morgan fingerprint density at radius 2 is 1.15 bits per heavy atom. The van der Waals surface area contributed by atoms with E-state index in [0.29, 0.717) is 24.2 Å². The molecule has 0 atom stereocenters. The van der Waals surface area contributed by atoms with Crippen LogP contribution in [0.5, 0.6) is 0 Å².